The standard InChI is InChI=1S/C13H13N3O2/c1-2-18-13-14-7-11(8-15-13)10-4-3-5-12(6-10)16-9-17/h3-9H,2H2,1H3,(H,16,17). The Morgan fingerprint density at radius 1 is 1.28 bits per heavy atom. The highest BCUT2D eigenvalue weighted by Crippen LogP contribution is 2.21. The first-order chi connectivity index (χ1) is 8.83. The number of carbonyl (C=O) groups is 1. The maximum absolute atomic E-state index is 10.4. The molecule has 18 heavy (non-hydrogen) atoms. The van der Waals surface area contributed by atoms with Gasteiger partial charge in [0.1, 0.15) is 0 Å². The molecule has 0 saturated carbocycles. The van der Waals surface area contributed by atoms with Crippen LogP contribution in [-0.4, -0.2) is 23.0 Å². The molecule has 1 heterocycles. The van der Waals surface area contributed by atoms with E-state index in [2.05, 4.69) is 15.3 Å². The van der Waals surface area contributed by atoms with Crippen LogP contribution in [0.15, 0.2) is 36.7 Å². The van der Waals surface area contributed by atoms with Crippen molar-refractivity contribution in [1.82, 2.24) is 9.97 Å². The van der Waals surface area contributed by atoms with Crippen LogP contribution in [0, 0.1) is 0 Å². The van der Waals surface area contributed by atoms with Gasteiger partial charge in [0, 0.05) is 23.6 Å². The van der Waals surface area contributed by atoms with E-state index in [0.717, 1.165) is 16.8 Å². The fraction of sp³-hybridized carbons (Fsp3) is 0.154. The molecule has 1 amide bonds. The maximum atomic E-state index is 10.4. The van der Waals surface area contributed by atoms with Crippen LogP contribution in [0.1, 0.15) is 6.92 Å². The molecule has 0 aliphatic rings. The maximum Gasteiger partial charge on any atom is 0.316 e. The van der Waals surface area contributed by atoms with Crippen LogP contribution in [0.2, 0.25) is 0 Å². The molecule has 0 saturated heterocycles. The Labute approximate surface area is 105 Å². The van der Waals surface area contributed by atoms with Crippen molar-refractivity contribution >= 4 is 12.1 Å². The molecule has 2 rings (SSSR count). The lowest BCUT2D eigenvalue weighted by molar-refractivity contribution is -0.105. The summed E-state index contributed by atoms with van der Waals surface area (Å²) in [5.41, 5.74) is 2.54. The molecule has 2 aromatic rings. The van der Waals surface area contributed by atoms with E-state index < -0.39 is 0 Å². The second-order valence-corrected chi connectivity index (χ2v) is 3.53. The third-order valence-electron chi connectivity index (χ3n) is 2.32. The zero-order valence-corrected chi connectivity index (χ0v) is 9.96. The molecule has 5 heteroatoms. The fourth-order valence-corrected chi connectivity index (χ4v) is 1.53. The average molecular weight is 243 g/mol. The monoisotopic (exact) mass is 243 g/mol. The first kappa shape index (κ1) is 12.0. The lowest BCUT2D eigenvalue weighted by atomic mass is 10.1. The van der Waals surface area contributed by atoms with E-state index in [0.29, 0.717) is 19.0 Å². The number of hydrogen-bond acceptors (Lipinski definition) is 4. The number of nitrogens with one attached hydrogen (secondary N) is 1. The van der Waals surface area contributed by atoms with E-state index in [1.54, 1.807) is 12.4 Å². The number of anilines is 1. The predicted molar refractivity (Wildman–Crippen MR) is 68.3 cm³/mol. The lowest BCUT2D eigenvalue weighted by Gasteiger charge is -2.05. The number of rotatable bonds is 5. The van der Waals surface area contributed by atoms with E-state index in [1.807, 2.05) is 31.2 Å². The number of nitrogens with zero attached hydrogens (tertiary/aromatic N) is 2. The summed E-state index contributed by atoms with van der Waals surface area (Å²) in [6.45, 7) is 2.42. The molecular formula is C13H13N3O2. The Kier molecular flexibility index (Phi) is 3.86. The molecule has 92 valence electrons. The second-order valence-electron chi connectivity index (χ2n) is 3.53. The van der Waals surface area contributed by atoms with Crippen molar-refractivity contribution in [2.45, 2.75) is 6.92 Å². The Bertz CT molecular complexity index is 526. The number of benzene rings is 1. The zero-order chi connectivity index (χ0) is 12.8. The highest BCUT2D eigenvalue weighted by atomic mass is 16.5. The minimum atomic E-state index is 0.364. The minimum absolute atomic E-state index is 0.364. The Morgan fingerprint density at radius 3 is 2.72 bits per heavy atom. The molecule has 0 fully saturated rings. The van der Waals surface area contributed by atoms with Gasteiger partial charge in [-0.2, -0.15) is 0 Å². The van der Waals surface area contributed by atoms with E-state index in [4.69, 9.17) is 4.74 Å². The van der Waals surface area contributed by atoms with Crippen LogP contribution < -0.4 is 10.1 Å². The summed E-state index contributed by atoms with van der Waals surface area (Å²) in [5, 5.41) is 2.60. The van der Waals surface area contributed by atoms with Crippen LogP contribution >= 0.6 is 0 Å². The van der Waals surface area contributed by atoms with Crippen LogP contribution in [-0.2, 0) is 4.79 Å². The van der Waals surface area contributed by atoms with Crippen LogP contribution in [0.5, 0.6) is 6.01 Å². The van der Waals surface area contributed by atoms with Crippen LogP contribution in [0.25, 0.3) is 11.1 Å². The molecule has 1 N–H and O–H groups in total. The summed E-state index contributed by atoms with van der Waals surface area (Å²) >= 11 is 0. The number of ether oxygens (including phenoxy) is 1. The smallest absolute Gasteiger partial charge is 0.316 e. The van der Waals surface area contributed by atoms with E-state index in [1.165, 1.54) is 0 Å². The van der Waals surface area contributed by atoms with Gasteiger partial charge in [-0.15, -0.1) is 0 Å². The highest BCUT2D eigenvalue weighted by molar-refractivity contribution is 5.75. The normalized spacial score (nSPS) is 9.83. The van der Waals surface area contributed by atoms with Crippen molar-refractivity contribution in [2.75, 3.05) is 11.9 Å². The van der Waals surface area contributed by atoms with Gasteiger partial charge in [0.25, 0.3) is 0 Å². The largest absolute Gasteiger partial charge is 0.464 e. The Balaban J connectivity index is 2.24. The van der Waals surface area contributed by atoms with E-state index in [9.17, 15) is 4.79 Å². The first-order valence-electron chi connectivity index (χ1n) is 5.59. The van der Waals surface area contributed by atoms with Crippen molar-refractivity contribution in [2.24, 2.45) is 0 Å². The summed E-state index contributed by atoms with van der Waals surface area (Å²) < 4.78 is 5.18. The molecular weight excluding hydrogens is 230 g/mol. The third kappa shape index (κ3) is 2.82. The minimum Gasteiger partial charge on any atom is -0.464 e. The van der Waals surface area contributed by atoms with Crippen molar-refractivity contribution in [3.8, 4) is 17.1 Å². The molecule has 0 bridgehead atoms. The van der Waals surface area contributed by atoms with E-state index >= 15 is 0 Å². The Morgan fingerprint density at radius 2 is 2.06 bits per heavy atom. The molecule has 0 atom stereocenters. The molecule has 1 aromatic heterocycles. The molecule has 0 unspecified atom stereocenters. The third-order valence-corrected chi connectivity index (χ3v) is 2.32. The zero-order valence-electron chi connectivity index (χ0n) is 9.96. The first-order valence-corrected chi connectivity index (χ1v) is 5.59. The average Bonchev–Trinajstić information content (AvgIpc) is 2.41. The van der Waals surface area contributed by atoms with Gasteiger partial charge in [0.2, 0.25) is 6.41 Å². The summed E-state index contributed by atoms with van der Waals surface area (Å²) in [7, 11) is 0. The predicted octanol–water partition coefficient (Wildman–Crippen LogP) is 2.11. The lowest BCUT2D eigenvalue weighted by Crippen LogP contribution is -1.97. The van der Waals surface area contributed by atoms with Gasteiger partial charge in [0.05, 0.1) is 6.61 Å². The molecule has 1 aromatic carbocycles. The quantitative estimate of drug-likeness (QED) is 0.817. The molecule has 0 aliphatic heterocycles. The number of carbonyl (C=O) groups excluding carboxylic acids is 1. The van der Waals surface area contributed by atoms with Gasteiger partial charge in [0.15, 0.2) is 0 Å². The molecule has 0 spiro atoms. The van der Waals surface area contributed by atoms with Crippen LogP contribution in [0.3, 0.4) is 0 Å². The van der Waals surface area contributed by atoms with Crippen molar-refractivity contribution in [3.63, 3.8) is 0 Å². The number of hydrogen-bond donors (Lipinski definition) is 1. The fourth-order valence-electron chi connectivity index (χ4n) is 1.53. The summed E-state index contributed by atoms with van der Waals surface area (Å²) in [5.74, 6) is 0. The summed E-state index contributed by atoms with van der Waals surface area (Å²) in [4.78, 5) is 18.6. The van der Waals surface area contributed by atoms with Gasteiger partial charge >= 0.3 is 6.01 Å². The van der Waals surface area contributed by atoms with Gasteiger partial charge in [-0.3, -0.25) is 4.79 Å². The number of amides is 1. The SMILES string of the molecule is CCOc1ncc(-c2cccc(NC=O)c2)cn1. The van der Waals surface area contributed by atoms with Gasteiger partial charge in [-0.1, -0.05) is 12.1 Å². The van der Waals surface area contributed by atoms with Gasteiger partial charge < -0.3 is 10.1 Å². The molecule has 0 radical (unpaired) electrons. The molecule has 0 aliphatic carbocycles. The summed E-state index contributed by atoms with van der Waals surface area (Å²) in [6.07, 6.45) is 4.03. The van der Waals surface area contributed by atoms with Crippen molar-refractivity contribution < 1.29 is 9.53 Å². The second kappa shape index (κ2) is 5.77. The summed E-state index contributed by atoms with van der Waals surface area (Å²) in [6, 6.07) is 7.82. The van der Waals surface area contributed by atoms with Gasteiger partial charge in [-0.25, -0.2) is 9.97 Å². The van der Waals surface area contributed by atoms with Crippen LogP contribution in [0.4, 0.5) is 5.69 Å². The number of aromatic nitrogens is 2. The van der Waals surface area contributed by atoms with Crippen molar-refractivity contribution in [3.05, 3.63) is 36.7 Å². The van der Waals surface area contributed by atoms with Gasteiger partial charge in [-0.05, 0) is 24.6 Å². The topological polar surface area (TPSA) is 64.1 Å². The highest BCUT2D eigenvalue weighted by Gasteiger charge is 2.01. The van der Waals surface area contributed by atoms with E-state index in [-0.39, 0.29) is 0 Å². The van der Waals surface area contributed by atoms with Crippen molar-refractivity contribution in [1.29, 1.82) is 0 Å². The molecule has 5 nitrogen and oxygen atoms in total. The Hall–Kier alpha value is -2.43.